The Morgan fingerprint density at radius 1 is 1.47 bits per heavy atom. The molecular weight excluding hydrogens is 214 g/mol. The molecule has 5 heteroatoms. The topological polar surface area (TPSA) is 62.7 Å². The largest absolute Gasteiger partial charge is 0.458 e. The second-order valence-corrected chi connectivity index (χ2v) is 3.28. The Kier molecular flexibility index (Phi) is 2.40. The van der Waals surface area contributed by atoms with E-state index in [4.69, 9.17) is 21.3 Å². The van der Waals surface area contributed by atoms with Crippen molar-refractivity contribution < 1.29 is 4.42 Å². The molecule has 2 aromatic heterocycles. The van der Waals surface area contributed by atoms with Crippen molar-refractivity contribution in [3.05, 3.63) is 34.8 Å². The number of nitriles is 1. The van der Waals surface area contributed by atoms with Gasteiger partial charge in [-0.2, -0.15) is 5.26 Å². The molecule has 0 amide bonds. The third-order valence-corrected chi connectivity index (χ3v) is 2.11. The van der Waals surface area contributed by atoms with Gasteiger partial charge < -0.3 is 4.42 Å². The van der Waals surface area contributed by atoms with Crippen LogP contribution in [-0.2, 0) is 0 Å². The maximum atomic E-state index is 8.65. The molecule has 0 aliphatic rings. The van der Waals surface area contributed by atoms with Crippen LogP contribution in [0.1, 0.15) is 11.3 Å². The lowest BCUT2D eigenvalue weighted by Crippen LogP contribution is -1.90. The molecule has 0 aromatic carbocycles. The minimum Gasteiger partial charge on any atom is -0.458 e. The molecule has 0 unspecified atom stereocenters. The van der Waals surface area contributed by atoms with E-state index in [0.29, 0.717) is 11.6 Å². The van der Waals surface area contributed by atoms with Gasteiger partial charge in [0.1, 0.15) is 17.4 Å². The second kappa shape index (κ2) is 3.71. The Morgan fingerprint density at radius 3 is 2.80 bits per heavy atom. The highest BCUT2D eigenvalue weighted by Crippen LogP contribution is 2.20. The van der Waals surface area contributed by atoms with Gasteiger partial charge in [0.05, 0.1) is 6.20 Å². The van der Waals surface area contributed by atoms with E-state index in [1.165, 1.54) is 6.20 Å². The van der Waals surface area contributed by atoms with Crippen molar-refractivity contribution in [2.45, 2.75) is 6.92 Å². The monoisotopic (exact) mass is 219 g/mol. The zero-order valence-electron chi connectivity index (χ0n) is 7.86. The summed E-state index contributed by atoms with van der Waals surface area (Å²) in [6.07, 6.45) is 1.38. The molecule has 4 nitrogen and oxygen atoms in total. The molecule has 15 heavy (non-hydrogen) atoms. The summed E-state index contributed by atoms with van der Waals surface area (Å²) >= 11 is 5.77. The van der Waals surface area contributed by atoms with E-state index < -0.39 is 0 Å². The van der Waals surface area contributed by atoms with E-state index >= 15 is 0 Å². The molecule has 0 radical (unpaired) electrons. The number of aromatic nitrogens is 2. The molecule has 74 valence electrons. The van der Waals surface area contributed by atoms with Crippen molar-refractivity contribution in [2.75, 3.05) is 0 Å². The Bertz CT molecular complexity index is 542. The molecule has 0 aliphatic carbocycles. The van der Waals surface area contributed by atoms with Crippen LogP contribution in [0.3, 0.4) is 0 Å². The normalized spacial score (nSPS) is 9.93. The highest BCUT2D eigenvalue weighted by Gasteiger charge is 2.09. The van der Waals surface area contributed by atoms with Crippen molar-refractivity contribution in [1.82, 2.24) is 9.97 Å². The number of hydrogen-bond donors (Lipinski definition) is 0. The number of aryl methyl sites for hydroxylation is 1. The summed E-state index contributed by atoms with van der Waals surface area (Å²) in [6, 6.07) is 5.46. The second-order valence-electron chi connectivity index (χ2n) is 2.92. The van der Waals surface area contributed by atoms with Gasteiger partial charge in [0, 0.05) is 0 Å². The average Bonchev–Trinajstić information content (AvgIpc) is 2.65. The number of rotatable bonds is 1. The third-order valence-electron chi connectivity index (χ3n) is 1.82. The van der Waals surface area contributed by atoms with Crippen molar-refractivity contribution in [3.63, 3.8) is 0 Å². The Morgan fingerprint density at radius 2 is 2.27 bits per heavy atom. The van der Waals surface area contributed by atoms with E-state index in [-0.39, 0.29) is 10.7 Å². The molecule has 2 heterocycles. The maximum Gasteiger partial charge on any atom is 0.197 e. The standard InChI is InChI=1S/C10H6ClN3O/c1-6-2-3-8(15-6)10-13-5-7(4-12)9(11)14-10/h2-3,5H,1H3. The molecule has 0 bridgehead atoms. The lowest BCUT2D eigenvalue weighted by atomic mass is 10.3. The molecule has 0 aliphatic heterocycles. The zero-order valence-corrected chi connectivity index (χ0v) is 8.62. The van der Waals surface area contributed by atoms with Gasteiger partial charge >= 0.3 is 0 Å². The lowest BCUT2D eigenvalue weighted by molar-refractivity contribution is 0.544. The first-order valence-electron chi connectivity index (χ1n) is 4.20. The van der Waals surface area contributed by atoms with E-state index in [1.807, 2.05) is 19.1 Å². The van der Waals surface area contributed by atoms with Gasteiger partial charge in [0.2, 0.25) is 0 Å². The first-order valence-corrected chi connectivity index (χ1v) is 4.58. The van der Waals surface area contributed by atoms with Crippen LogP contribution in [0.5, 0.6) is 0 Å². The molecular formula is C10H6ClN3O. The van der Waals surface area contributed by atoms with E-state index in [2.05, 4.69) is 9.97 Å². The number of furan rings is 1. The Hall–Kier alpha value is -1.86. The van der Waals surface area contributed by atoms with Crippen molar-refractivity contribution in [1.29, 1.82) is 5.26 Å². The molecule has 2 rings (SSSR count). The van der Waals surface area contributed by atoms with Gasteiger partial charge in [-0.25, -0.2) is 9.97 Å². The smallest absolute Gasteiger partial charge is 0.197 e. The summed E-state index contributed by atoms with van der Waals surface area (Å²) < 4.78 is 5.33. The minimum absolute atomic E-state index is 0.136. The first kappa shape index (κ1) is 9.69. The Balaban J connectivity index is 2.48. The number of hydrogen-bond acceptors (Lipinski definition) is 4. The molecule has 0 spiro atoms. The number of halogens is 1. The Labute approximate surface area is 91.1 Å². The highest BCUT2D eigenvalue weighted by atomic mass is 35.5. The predicted octanol–water partition coefficient (Wildman–Crippen LogP) is 2.57. The summed E-state index contributed by atoms with van der Waals surface area (Å²) in [5.41, 5.74) is 0.253. The van der Waals surface area contributed by atoms with E-state index in [1.54, 1.807) is 6.07 Å². The molecule has 0 atom stereocenters. The van der Waals surface area contributed by atoms with Gasteiger partial charge in [0.15, 0.2) is 16.7 Å². The molecule has 0 saturated heterocycles. The average molecular weight is 220 g/mol. The zero-order chi connectivity index (χ0) is 10.8. The van der Waals surface area contributed by atoms with Crippen molar-refractivity contribution >= 4 is 11.6 Å². The fraction of sp³-hybridized carbons (Fsp3) is 0.100. The minimum atomic E-state index is 0.136. The fourth-order valence-corrected chi connectivity index (χ4v) is 1.28. The predicted molar refractivity (Wildman–Crippen MR) is 54.2 cm³/mol. The maximum absolute atomic E-state index is 8.65. The van der Waals surface area contributed by atoms with Crippen molar-refractivity contribution in [2.24, 2.45) is 0 Å². The summed E-state index contributed by atoms with van der Waals surface area (Å²) in [5, 5.41) is 8.78. The lowest BCUT2D eigenvalue weighted by Gasteiger charge is -1.97. The fourth-order valence-electron chi connectivity index (χ4n) is 1.11. The van der Waals surface area contributed by atoms with Crippen LogP contribution in [0.4, 0.5) is 0 Å². The van der Waals surface area contributed by atoms with Crippen LogP contribution < -0.4 is 0 Å². The van der Waals surface area contributed by atoms with Crippen LogP contribution in [0.15, 0.2) is 22.7 Å². The van der Waals surface area contributed by atoms with E-state index in [9.17, 15) is 0 Å². The number of nitrogens with zero attached hydrogens (tertiary/aromatic N) is 3. The van der Waals surface area contributed by atoms with Gasteiger partial charge in [0.25, 0.3) is 0 Å². The summed E-state index contributed by atoms with van der Waals surface area (Å²) in [4.78, 5) is 7.95. The van der Waals surface area contributed by atoms with Crippen LogP contribution in [0.2, 0.25) is 5.15 Å². The molecule has 0 N–H and O–H groups in total. The van der Waals surface area contributed by atoms with Crippen LogP contribution in [0, 0.1) is 18.3 Å². The van der Waals surface area contributed by atoms with Gasteiger partial charge in [-0.1, -0.05) is 11.6 Å². The van der Waals surface area contributed by atoms with Crippen LogP contribution in [0.25, 0.3) is 11.6 Å². The summed E-state index contributed by atoms with van der Waals surface area (Å²) in [7, 11) is 0. The first-order chi connectivity index (χ1) is 7.20. The van der Waals surface area contributed by atoms with Gasteiger partial charge in [-0.15, -0.1) is 0 Å². The quantitative estimate of drug-likeness (QED) is 0.692. The van der Waals surface area contributed by atoms with Crippen LogP contribution >= 0.6 is 11.6 Å². The van der Waals surface area contributed by atoms with Gasteiger partial charge in [-0.3, -0.25) is 0 Å². The van der Waals surface area contributed by atoms with Crippen molar-refractivity contribution in [3.8, 4) is 17.7 Å². The third kappa shape index (κ3) is 1.83. The highest BCUT2D eigenvalue weighted by molar-refractivity contribution is 6.30. The van der Waals surface area contributed by atoms with E-state index in [0.717, 1.165) is 5.76 Å². The van der Waals surface area contributed by atoms with Gasteiger partial charge in [-0.05, 0) is 19.1 Å². The summed E-state index contributed by atoms with van der Waals surface area (Å²) in [5.74, 6) is 1.69. The SMILES string of the molecule is Cc1ccc(-c2ncc(C#N)c(Cl)n2)o1. The summed E-state index contributed by atoms with van der Waals surface area (Å²) in [6.45, 7) is 1.83. The van der Waals surface area contributed by atoms with Crippen LogP contribution in [-0.4, -0.2) is 9.97 Å². The molecule has 2 aromatic rings. The molecule has 0 fully saturated rings. The molecule has 0 saturated carbocycles.